The van der Waals surface area contributed by atoms with Crippen LogP contribution in [0.3, 0.4) is 0 Å². The minimum absolute atomic E-state index is 0.141. The normalized spacial score (nSPS) is 16.8. The molecule has 1 atom stereocenters. The molecule has 0 saturated carbocycles. The van der Waals surface area contributed by atoms with Gasteiger partial charge in [0.15, 0.2) is 0 Å². The van der Waals surface area contributed by atoms with Gasteiger partial charge in [-0.1, -0.05) is 36.4 Å². The number of ether oxygens (including phenoxy) is 1. The van der Waals surface area contributed by atoms with Gasteiger partial charge in [0.1, 0.15) is 11.1 Å². The van der Waals surface area contributed by atoms with Crippen LogP contribution in [0.15, 0.2) is 53.9 Å². The van der Waals surface area contributed by atoms with Crippen molar-refractivity contribution < 1.29 is 14.3 Å². The molecule has 1 fully saturated rings. The van der Waals surface area contributed by atoms with Gasteiger partial charge in [-0.2, -0.15) is 5.10 Å². The summed E-state index contributed by atoms with van der Waals surface area (Å²) in [6.07, 6.45) is 2.01. The van der Waals surface area contributed by atoms with Crippen LogP contribution in [0.25, 0.3) is 33.2 Å². The molecule has 8 nitrogen and oxygen atoms in total. The van der Waals surface area contributed by atoms with Crippen molar-refractivity contribution in [2.75, 3.05) is 18.0 Å². The molecule has 4 aromatic rings. The molecule has 2 N–H and O–H groups in total. The molecule has 3 heterocycles. The van der Waals surface area contributed by atoms with Gasteiger partial charge in [0, 0.05) is 34.7 Å². The lowest BCUT2D eigenvalue weighted by Crippen LogP contribution is -2.33. The number of rotatable bonds is 5. The Balaban J connectivity index is 1.28. The number of aromatic nitrogens is 3. The van der Waals surface area contributed by atoms with Gasteiger partial charge in [0.05, 0.1) is 30.2 Å². The Morgan fingerprint density at radius 3 is 2.92 bits per heavy atom. The standard InChI is InChI=1S/C27H25N5O3S/c1-16(33)28-13-20-14-32(27(34)35-20)19-10-11-21-18(12-19)8-5-9-22-24(21)30-31-25(22)23-15-36-26(29-23)17-6-3-2-4-7-17/h2-4,6-7,10-12,15,20H,5,8-9,13-14H2,1H3,(H,28,33)(H,30,31). The van der Waals surface area contributed by atoms with E-state index in [1.165, 1.54) is 12.5 Å². The Morgan fingerprint density at radius 1 is 1.22 bits per heavy atom. The summed E-state index contributed by atoms with van der Waals surface area (Å²) in [6.45, 7) is 2.17. The van der Waals surface area contributed by atoms with Gasteiger partial charge in [-0.25, -0.2) is 9.78 Å². The van der Waals surface area contributed by atoms with E-state index < -0.39 is 0 Å². The van der Waals surface area contributed by atoms with Crippen LogP contribution < -0.4 is 10.2 Å². The number of fused-ring (bicyclic) bond motifs is 3. The number of cyclic esters (lactones) is 1. The third-order valence-corrected chi connectivity index (χ3v) is 7.52. The lowest BCUT2D eigenvalue weighted by Gasteiger charge is -2.16. The number of nitrogens with one attached hydrogen (secondary N) is 2. The largest absolute Gasteiger partial charge is 0.442 e. The number of hydrogen-bond donors (Lipinski definition) is 2. The van der Waals surface area contributed by atoms with E-state index in [1.54, 1.807) is 16.2 Å². The van der Waals surface area contributed by atoms with Crippen LogP contribution in [0.4, 0.5) is 10.5 Å². The van der Waals surface area contributed by atoms with E-state index in [4.69, 9.17) is 14.8 Å². The maximum absolute atomic E-state index is 12.5. The molecular weight excluding hydrogens is 474 g/mol. The van der Waals surface area contributed by atoms with Crippen molar-refractivity contribution in [3.8, 4) is 33.2 Å². The van der Waals surface area contributed by atoms with Crippen LogP contribution >= 0.6 is 11.3 Å². The molecule has 2 aliphatic rings. The first kappa shape index (κ1) is 22.5. The highest BCUT2D eigenvalue weighted by molar-refractivity contribution is 7.13. The lowest BCUT2D eigenvalue weighted by molar-refractivity contribution is -0.119. The second-order valence-electron chi connectivity index (χ2n) is 9.08. The maximum atomic E-state index is 12.5. The predicted molar refractivity (Wildman–Crippen MR) is 139 cm³/mol. The zero-order valence-electron chi connectivity index (χ0n) is 19.8. The van der Waals surface area contributed by atoms with Crippen LogP contribution in [0.5, 0.6) is 0 Å². The van der Waals surface area contributed by atoms with Crippen LogP contribution in [0.1, 0.15) is 24.5 Å². The molecular formula is C27H25N5O3S. The van der Waals surface area contributed by atoms with E-state index in [0.717, 1.165) is 63.7 Å². The number of thiazole rings is 1. The second kappa shape index (κ2) is 9.23. The SMILES string of the molecule is CC(=O)NCC1CN(c2ccc3c(c2)CCCc2c-3n[nH]c2-c2csc(-c3ccccc3)n2)C(=O)O1. The van der Waals surface area contributed by atoms with Crippen LogP contribution in [-0.4, -0.2) is 46.4 Å². The molecule has 0 radical (unpaired) electrons. The highest BCUT2D eigenvalue weighted by Gasteiger charge is 2.33. The number of amides is 2. The van der Waals surface area contributed by atoms with Gasteiger partial charge in [0.25, 0.3) is 0 Å². The Labute approximate surface area is 212 Å². The number of benzene rings is 2. The average Bonchev–Trinajstić information content (AvgIpc) is 3.59. The molecule has 6 rings (SSSR count). The number of H-pyrrole nitrogens is 1. The van der Waals surface area contributed by atoms with E-state index in [9.17, 15) is 9.59 Å². The molecule has 2 aromatic heterocycles. The molecule has 0 bridgehead atoms. The highest BCUT2D eigenvalue weighted by atomic mass is 32.1. The predicted octanol–water partition coefficient (Wildman–Crippen LogP) is 4.82. The Kier molecular flexibility index (Phi) is 5.77. The molecule has 36 heavy (non-hydrogen) atoms. The number of carbonyl (C=O) groups excluding carboxylic acids is 2. The quantitative estimate of drug-likeness (QED) is 0.410. The van der Waals surface area contributed by atoms with E-state index in [1.807, 2.05) is 30.3 Å². The number of aryl methyl sites for hydroxylation is 1. The van der Waals surface area contributed by atoms with Crippen molar-refractivity contribution in [1.29, 1.82) is 0 Å². The summed E-state index contributed by atoms with van der Waals surface area (Å²) >= 11 is 1.63. The van der Waals surface area contributed by atoms with Crippen molar-refractivity contribution in [2.24, 2.45) is 0 Å². The summed E-state index contributed by atoms with van der Waals surface area (Å²) in [4.78, 5) is 30.2. The van der Waals surface area contributed by atoms with Crippen molar-refractivity contribution in [1.82, 2.24) is 20.5 Å². The molecule has 0 spiro atoms. The summed E-state index contributed by atoms with van der Waals surface area (Å²) in [5, 5.41) is 13.7. The zero-order valence-corrected chi connectivity index (χ0v) is 20.6. The topological polar surface area (TPSA) is 100 Å². The molecule has 1 aliphatic heterocycles. The molecule has 2 amide bonds. The lowest BCUT2D eigenvalue weighted by atomic mass is 10.0. The number of anilines is 1. The Hall–Kier alpha value is -3.98. The molecule has 1 unspecified atom stereocenters. The fraction of sp³-hybridized carbons (Fsp3) is 0.259. The fourth-order valence-electron chi connectivity index (χ4n) is 4.88. The fourth-order valence-corrected chi connectivity index (χ4v) is 5.70. The summed E-state index contributed by atoms with van der Waals surface area (Å²) in [5.41, 5.74) is 8.17. The van der Waals surface area contributed by atoms with Crippen LogP contribution in [0.2, 0.25) is 0 Å². The van der Waals surface area contributed by atoms with E-state index >= 15 is 0 Å². The number of aromatic amines is 1. The van der Waals surface area contributed by atoms with Crippen molar-refractivity contribution in [2.45, 2.75) is 32.3 Å². The minimum atomic E-state index is -0.389. The molecule has 2 aromatic carbocycles. The third kappa shape index (κ3) is 4.15. The van der Waals surface area contributed by atoms with Gasteiger partial charge in [0.2, 0.25) is 5.91 Å². The summed E-state index contributed by atoms with van der Waals surface area (Å²) < 4.78 is 5.44. The number of nitrogens with zero attached hydrogens (tertiary/aromatic N) is 3. The summed E-state index contributed by atoms with van der Waals surface area (Å²) in [7, 11) is 0. The zero-order chi connectivity index (χ0) is 24.6. The third-order valence-electron chi connectivity index (χ3n) is 6.63. The first-order valence-electron chi connectivity index (χ1n) is 12.0. The van der Waals surface area contributed by atoms with Crippen LogP contribution in [-0.2, 0) is 22.4 Å². The first-order chi connectivity index (χ1) is 17.6. The maximum Gasteiger partial charge on any atom is 0.414 e. The summed E-state index contributed by atoms with van der Waals surface area (Å²) in [6, 6.07) is 16.3. The number of carbonyl (C=O) groups is 2. The van der Waals surface area contributed by atoms with Gasteiger partial charge in [-0.05, 0) is 37.0 Å². The van der Waals surface area contributed by atoms with Crippen LogP contribution in [0, 0.1) is 0 Å². The number of hydrogen-bond acceptors (Lipinski definition) is 6. The molecule has 182 valence electrons. The van der Waals surface area contributed by atoms with Crippen molar-refractivity contribution in [3.05, 3.63) is 65.0 Å². The van der Waals surface area contributed by atoms with Gasteiger partial charge < -0.3 is 10.1 Å². The Bertz CT molecular complexity index is 1440. The monoisotopic (exact) mass is 499 g/mol. The van der Waals surface area contributed by atoms with Crippen molar-refractivity contribution >= 4 is 29.0 Å². The van der Waals surface area contributed by atoms with E-state index in [-0.39, 0.29) is 18.1 Å². The Morgan fingerprint density at radius 2 is 2.08 bits per heavy atom. The van der Waals surface area contributed by atoms with Crippen molar-refractivity contribution in [3.63, 3.8) is 0 Å². The second-order valence-corrected chi connectivity index (χ2v) is 9.94. The summed E-state index contributed by atoms with van der Waals surface area (Å²) in [5.74, 6) is -0.141. The van der Waals surface area contributed by atoms with E-state index in [0.29, 0.717) is 13.1 Å². The van der Waals surface area contributed by atoms with Gasteiger partial charge in [-0.3, -0.25) is 14.8 Å². The highest BCUT2D eigenvalue weighted by Crippen LogP contribution is 2.39. The molecule has 1 saturated heterocycles. The molecule has 9 heteroatoms. The first-order valence-corrected chi connectivity index (χ1v) is 12.9. The smallest absolute Gasteiger partial charge is 0.414 e. The van der Waals surface area contributed by atoms with Gasteiger partial charge >= 0.3 is 6.09 Å². The van der Waals surface area contributed by atoms with E-state index in [2.05, 4.69) is 34.0 Å². The minimum Gasteiger partial charge on any atom is -0.442 e. The van der Waals surface area contributed by atoms with Gasteiger partial charge in [-0.15, -0.1) is 11.3 Å². The average molecular weight is 500 g/mol. The molecule has 1 aliphatic carbocycles.